The van der Waals surface area contributed by atoms with Crippen LogP contribution in [0.15, 0.2) is 56.5 Å². The molecule has 0 fully saturated rings. The first-order chi connectivity index (χ1) is 11.5. The third kappa shape index (κ3) is 5.18. The first-order valence-corrected chi connectivity index (χ1v) is 9.20. The van der Waals surface area contributed by atoms with E-state index < -0.39 is 0 Å². The summed E-state index contributed by atoms with van der Waals surface area (Å²) in [7, 11) is 0. The van der Waals surface area contributed by atoms with E-state index in [-0.39, 0.29) is 12.5 Å². The summed E-state index contributed by atoms with van der Waals surface area (Å²) < 4.78 is 1.81. The third-order valence-electron chi connectivity index (χ3n) is 3.37. The Morgan fingerprint density at radius 2 is 1.75 bits per heavy atom. The van der Waals surface area contributed by atoms with Gasteiger partial charge in [-0.2, -0.15) is 5.10 Å². The van der Waals surface area contributed by atoms with Crippen LogP contribution in [-0.4, -0.2) is 18.2 Å². The van der Waals surface area contributed by atoms with Crippen LogP contribution in [0.25, 0.3) is 0 Å². The van der Waals surface area contributed by atoms with Gasteiger partial charge in [-0.1, -0.05) is 37.3 Å². The highest BCUT2D eigenvalue weighted by atomic mass is 79.9. The molecule has 0 aliphatic carbocycles. The zero-order valence-corrected chi connectivity index (χ0v) is 16.7. The number of rotatable bonds is 6. The maximum atomic E-state index is 12.0. The minimum Gasteiger partial charge on any atom is -0.374 e. The van der Waals surface area contributed by atoms with Crippen molar-refractivity contribution in [3.63, 3.8) is 0 Å². The van der Waals surface area contributed by atoms with Gasteiger partial charge in [-0.3, -0.25) is 4.79 Å². The standard InChI is InChI=1S/C18H19Br2N3O/c1-3-16(13-7-5-4-6-8-13)22-23-17(24)11-21-18-14(19)9-12(2)10-15(18)20/h4-10,21H,3,11H2,1-2H3,(H,23,24)/b22-16+. The lowest BCUT2D eigenvalue weighted by Crippen LogP contribution is -2.27. The van der Waals surface area contributed by atoms with Crippen molar-refractivity contribution in [3.05, 3.63) is 62.5 Å². The fraction of sp³-hybridized carbons (Fsp3) is 0.222. The van der Waals surface area contributed by atoms with Gasteiger partial charge in [0.05, 0.1) is 17.9 Å². The van der Waals surface area contributed by atoms with Gasteiger partial charge in [0.1, 0.15) is 0 Å². The Balaban J connectivity index is 1.97. The maximum Gasteiger partial charge on any atom is 0.259 e. The average Bonchev–Trinajstić information content (AvgIpc) is 2.55. The summed E-state index contributed by atoms with van der Waals surface area (Å²) in [6.07, 6.45) is 0.743. The number of hydrogen-bond donors (Lipinski definition) is 2. The van der Waals surface area contributed by atoms with Crippen molar-refractivity contribution in [2.24, 2.45) is 5.10 Å². The van der Waals surface area contributed by atoms with Crippen LogP contribution in [0.2, 0.25) is 0 Å². The van der Waals surface area contributed by atoms with Crippen LogP contribution in [0.4, 0.5) is 5.69 Å². The number of aryl methyl sites for hydroxylation is 1. The van der Waals surface area contributed by atoms with Crippen molar-refractivity contribution >= 4 is 49.2 Å². The van der Waals surface area contributed by atoms with E-state index >= 15 is 0 Å². The summed E-state index contributed by atoms with van der Waals surface area (Å²) >= 11 is 7.00. The van der Waals surface area contributed by atoms with Crippen LogP contribution in [0.3, 0.4) is 0 Å². The van der Waals surface area contributed by atoms with E-state index in [1.807, 2.05) is 56.3 Å². The molecule has 2 aromatic carbocycles. The number of halogens is 2. The Morgan fingerprint density at radius 1 is 1.12 bits per heavy atom. The van der Waals surface area contributed by atoms with Gasteiger partial charge in [0, 0.05) is 8.95 Å². The van der Waals surface area contributed by atoms with Crippen LogP contribution in [0.5, 0.6) is 0 Å². The maximum absolute atomic E-state index is 12.0. The van der Waals surface area contributed by atoms with E-state index in [0.717, 1.165) is 37.9 Å². The summed E-state index contributed by atoms with van der Waals surface area (Å²) in [5, 5.41) is 7.35. The van der Waals surface area contributed by atoms with Crippen molar-refractivity contribution in [1.29, 1.82) is 0 Å². The zero-order valence-electron chi connectivity index (χ0n) is 13.6. The van der Waals surface area contributed by atoms with Gasteiger partial charge in [0.15, 0.2) is 0 Å². The highest BCUT2D eigenvalue weighted by molar-refractivity contribution is 9.11. The summed E-state index contributed by atoms with van der Waals surface area (Å²) in [5.41, 5.74) is 6.44. The average molecular weight is 453 g/mol. The molecule has 0 aromatic heterocycles. The number of benzene rings is 2. The molecule has 4 nitrogen and oxygen atoms in total. The quantitative estimate of drug-likeness (QED) is 0.485. The number of nitrogens with zero attached hydrogens (tertiary/aromatic N) is 1. The monoisotopic (exact) mass is 451 g/mol. The second-order valence-corrected chi connectivity index (χ2v) is 6.98. The van der Waals surface area contributed by atoms with Crippen LogP contribution in [0.1, 0.15) is 24.5 Å². The van der Waals surface area contributed by atoms with Crippen molar-refractivity contribution in [2.75, 3.05) is 11.9 Å². The van der Waals surface area contributed by atoms with Crippen molar-refractivity contribution in [3.8, 4) is 0 Å². The molecule has 0 heterocycles. The van der Waals surface area contributed by atoms with Crippen LogP contribution in [0, 0.1) is 6.92 Å². The van der Waals surface area contributed by atoms with Crippen LogP contribution < -0.4 is 10.7 Å². The molecule has 0 spiro atoms. The summed E-state index contributed by atoms with van der Waals surface area (Å²) in [4.78, 5) is 12.0. The summed E-state index contributed by atoms with van der Waals surface area (Å²) in [6.45, 7) is 4.16. The first kappa shape index (κ1) is 18.7. The molecule has 2 aromatic rings. The molecule has 0 atom stereocenters. The smallest absolute Gasteiger partial charge is 0.259 e. The van der Waals surface area contributed by atoms with E-state index in [1.165, 1.54) is 0 Å². The number of carbonyl (C=O) groups is 1. The molecule has 1 amide bonds. The molecule has 0 saturated heterocycles. The van der Waals surface area contributed by atoms with Crippen LogP contribution in [-0.2, 0) is 4.79 Å². The van der Waals surface area contributed by atoms with E-state index in [0.29, 0.717) is 0 Å². The fourth-order valence-electron chi connectivity index (χ4n) is 2.19. The van der Waals surface area contributed by atoms with E-state index in [1.54, 1.807) is 0 Å². The molecule has 0 aliphatic heterocycles. The molecule has 126 valence electrons. The van der Waals surface area contributed by atoms with Gasteiger partial charge in [-0.25, -0.2) is 5.43 Å². The molecule has 2 N–H and O–H groups in total. The van der Waals surface area contributed by atoms with Gasteiger partial charge in [0.2, 0.25) is 0 Å². The highest BCUT2D eigenvalue weighted by Gasteiger charge is 2.08. The zero-order chi connectivity index (χ0) is 17.5. The van der Waals surface area contributed by atoms with Crippen LogP contribution >= 0.6 is 31.9 Å². The number of anilines is 1. The van der Waals surface area contributed by atoms with Gasteiger partial charge >= 0.3 is 0 Å². The minimum atomic E-state index is -0.198. The Hall–Kier alpha value is -1.66. The molecule has 0 unspecified atom stereocenters. The number of hydrogen-bond acceptors (Lipinski definition) is 3. The summed E-state index contributed by atoms with van der Waals surface area (Å²) in [5.74, 6) is -0.198. The second kappa shape index (κ2) is 8.99. The predicted molar refractivity (Wildman–Crippen MR) is 106 cm³/mol. The Kier molecular flexibility index (Phi) is 6.99. The predicted octanol–water partition coefficient (Wildman–Crippen LogP) is 4.86. The number of carbonyl (C=O) groups excluding carboxylic acids is 1. The lowest BCUT2D eigenvalue weighted by molar-refractivity contribution is -0.119. The number of hydrazone groups is 1. The third-order valence-corrected chi connectivity index (χ3v) is 4.62. The molecule has 0 bridgehead atoms. The molecule has 0 saturated carbocycles. The van der Waals surface area contributed by atoms with E-state index in [4.69, 9.17) is 0 Å². The minimum absolute atomic E-state index is 0.134. The normalized spacial score (nSPS) is 11.2. The van der Waals surface area contributed by atoms with Gasteiger partial charge in [-0.05, 0) is 68.5 Å². The molecule has 0 radical (unpaired) electrons. The van der Waals surface area contributed by atoms with Gasteiger partial charge in [0.25, 0.3) is 5.91 Å². The Morgan fingerprint density at radius 3 is 2.33 bits per heavy atom. The lowest BCUT2D eigenvalue weighted by Gasteiger charge is -2.11. The second-order valence-electron chi connectivity index (χ2n) is 5.27. The first-order valence-electron chi connectivity index (χ1n) is 7.61. The number of nitrogens with one attached hydrogen (secondary N) is 2. The van der Waals surface area contributed by atoms with Crippen molar-refractivity contribution in [1.82, 2.24) is 5.43 Å². The van der Waals surface area contributed by atoms with E-state index in [9.17, 15) is 4.79 Å². The molecule has 2 rings (SSSR count). The van der Waals surface area contributed by atoms with Gasteiger partial charge < -0.3 is 5.32 Å². The summed E-state index contributed by atoms with van der Waals surface area (Å²) in [6, 6.07) is 13.8. The molecule has 24 heavy (non-hydrogen) atoms. The highest BCUT2D eigenvalue weighted by Crippen LogP contribution is 2.32. The topological polar surface area (TPSA) is 53.5 Å². The van der Waals surface area contributed by atoms with Crippen molar-refractivity contribution < 1.29 is 4.79 Å². The largest absolute Gasteiger partial charge is 0.374 e. The SMILES string of the molecule is CC/C(=N\NC(=O)CNc1c(Br)cc(C)cc1Br)c1ccccc1. The van der Waals surface area contributed by atoms with E-state index in [2.05, 4.69) is 47.7 Å². The molecule has 0 aliphatic rings. The molecule has 6 heteroatoms. The Bertz CT molecular complexity index is 722. The molecular weight excluding hydrogens is 434 g/mol. The Labute approximate surface area is 159 Å². The van der Waals surface area contributed by atoms with Crippen molar-refractivity contribution in [2.45, 2.75) is 20.3 Å². The number of amides is 1. The lowest BCUT2D eigenvalue weighted by atomic mass is 10.1. The fourth-order valence-corrected chi connectivity index (χ4v) is 3.88. The van der Waals surface area contributed by atoms with Gasteiger partial charge in [-0.15, -0.1) is 0 Å². The molecular formula is C18H19Br2N3O.